The van der Waals surface area contributed by atoms with Crippen molar-refractivity contribution in [2.24, 2.45) is 5.92 Å². The van der Waals surface area contributed by atoms with E-state index in [1.807, 2.05) is 4.72 Å². The van der Waals surface area contributed by atoms with Crippen LogP contribution in [0.2, 0.25) is 0 Å². The van der Waals surface area contributed by atoms with Crippen LogP contribution in [0.3, 0.4) is 0 Å². The summed E-state index contributed by atoms with van der Waals surface area (Å²) in [5, 5.41) is 6.30. The molecule has 5 atom stereocenters. The van der Waals surface area contributed by atoms with Gasteiger partial charge in [0, 0.05) is 24.4 Å². The molecular weight excluding hydrogens is 812 g/mol. The van der Waals surface area contributed by atoms with Crippen molar-refractivity contribution < 1.29 is 65.3 Å². The molecule has 4 N–H and O–H groups in total. The van der Waals surface area contributed by atoms with Crippen LogP contribution >= 0.6 is 0 Å². The van der Waals surface area contributed by atoms with E-state index in [-0.39, 0.29) is 25.9 Å². The number of benzene rings is 1. The van der Waals surface area contributed by atoms with E-state index >= 15 is 0 Å². The Kier molecular flexibility index (Phi) is 12.9. The lowest BCUT2D eigenvalue weighted by Gasteiger charge is -2.30. The second kappa shape index (κ2) is 17.1. The first-order valence-corrected chi connectivity index (χ1v) is 20.8. The molecule has 2 aliphatic heterocycles. The molecule has 1 saturated heterocycles. The molecule has 19 nitrogen and oxygen atoms in total. The van der Waals surface area contributed by atoms with Crippen molar-refractivity contribution >= 4 is 52.0 Å². The number of ether oxygens (including phenoxy) is 4. The van der Waals surface area contributed by atoms with E-state index < -0.39 is 123 Å². The van der Waals surface area contributed by atoms with Crippen LogP contribution in [0.25, 0.3) is 0 Å². The van der Waals surface area contributed by atoms with E-state index in [2.05, 4.69) is 29.1 Å². The lowest BCUT2D eigenvalue weighted by Crippen LogP contribution is -2.59. The fourth-order valence-corrected chi connectivity index (χ4v) is 8.03. The molecule has 328 valence electrons. The Bertz CT molecular complexity index is 2080. The van der Waals surface area contributed by atoms with Crippen molar-refractivity contribution in [2.75, 3.05) is 13.2 Å². The minimum Gasteiger partial charge on any atom is -0.458 e. The van der Waals surface area contributed by atoms with Gasteiger partial charge in [-0.3, -0.25) is 29.3 Å². The predicted octanol–water partition coefficient (Wildman–Crippen LogP) is 2.39. The predicted molar refractivity (Wildman–Crippen MR) is 208 cm³/mol. The van der Waals surface area contributed by atoms with Crippen LogP contribution in [0.1, 0.15) is 78.4 Å². The van der Waals surface area contributed by atoms with Crippen molar-refractivity contribution in [3.8, 4) is 0 Å². The number of nitrogens with one attached hydrogen (secondary N) is 4. The highest BCUT2D eigenvalue weighted by atomic mass is 32.2. The zero-order valence-corrected chi connectivity index (χ0v) is 35.1. The van der Waals surface area contributed by atoms with Crippen molar-refractivity contribution in [1.29, 1.82) is 0 Å². The first-order valence-electron chi connectivity index (χ1n) is 19.2. The highest BCUT2D eigenvalue weighted by Crippen LogP contribution is 2.45. The number of hydrogen-bond donors (Lipinski definition) is 4. The first kappa shape index (κ1) is 45.4. The van der Waals surface area contributed by atoms with Crippen LogP contribution in [0, 0.1) is 11.7 Å². The largest absolute Gasteiger partial charge is 0.458 e. The van der Waals surface area contributed by atoms with E-state index in [1.54, 1.807) is 47.6 Å². The topological polar surface area (TPSA) is 245 Å². The Morgan fingerprint density at radius 3 is 2.23 bits per heavy atom. The quantitative estimate of drug-likeness (QED) is 0.0965. The molecule has 1 unspecified atom stereocenters. The van der Waals surface area contributed by atoms with Crippen molar-refractivity contribution in [2.45, 2.75) is 120 Å². The van der Waals surface area contributed by atoms with Gasteiger partial charge in [-0.1, -0.05) is 24.8 Å². The fourth-order valence-electron chi connectivity index (χ4n) is 6.67. The molecule has 21 heteroatoms. The molecule has 1 aromatic carbocycles. The molecule has 0 bridgehead atoms. The summed E-state index contributed by atoms with van der Waals surface area (Å²) in [4.78, 5) is 96.0. The summed E-state index contributed by atoms with van der Waals surface area (Å²) in [6.07, 6.45) is -2.45. The van der Waals surface area contributed by atoms with Gasteiger partial charge in [0.15, 0.2) is 0 Å². The van der Waals surface area contributed by atoms with Gasteiger partial charge in [-0.15, -0.1) is 6.58 Å². The van der Waals surface area contributed by atoms with Gasteiger partial charge in [-0.2, -0.15) is 0 Å². The van der Waals surface area contributed by atoms with E-state index in [4.69, 9.17) is 18.9 Å². The maximum Gasteiger partial charge on any atom is 0.412 e. The number of alkyl carbamates (subject to hydrolysis) is 2. The summed E-state index contributed by atoms with van der Waals surface area (Å²) >= 11 is 0. The third-order valence-electron chi connectivity index (χ3n) is 9.82. The molecule has 5 rings (SSSR count). The molecule has 2 heterocycles. The Morgan fingerprint density at radius 1 is 1.00 bits per heavy atom. The van der Waals surface area contributed by atoms with Gasteiger partial charge < -0.3 is 34.5 Å². The number of carbonyl (C=O) groups excluding carboxylic acids is 7. The average molecular weight is 863 g/mol. The number of fused-ring (bicyclic) bond motifs is 1. The molecule has 0 aromatic heterocycles. The van der Waals surface area contributed by atoms with Crippen LogP contribution in [0.4, 0.5) is 18.8 Å². The van der Waals surface area contributed by atoms with Gasteiger partial charge in [0.1, 0.15) is 53.0 Å². The second-order valence-electron chi connectivity index (χ2n) is 17.1. The number of rotatable bonds is 13. The third-order valence-corrected chi connectivity index (χ3v) is 11.6. The van der Waals surface area contributed by atoms with Crippen molar-refractivity contribution in [1.82, 2.24) is 30.5 Å². The SMILES string of the molecule is C=C[C@@H]1C[C@]1(NC(=O)C1C[C@@H](OC(=O)N2Cc3cccc(F)c3C2)CN1C(=O)[C@H](COC(=O)C(=C)NC(=O)OC(C)(C)C)NC(=O)OC(C)(C)C)C(=O)NS(=O)(=O)C1CC1. The lowest BCUT2D eigenvalue weighted by molar-refractivity contribution is -0.146. The van der Waals surface area contributed by atoms with Gasteiger partial charge in [0.05, 0.1) is 18.3 Å². The molecule has 4 aliphatic rings. The maximum atomic E-state index is 14.5. The zero-order chi connectivity index (χ0) is 44.5. The second-order valence-corrected chi connectivity index (χ2v) is 19.0. The van der Waals surface area contributed by atoms with Crippen LogP contribution in [-0.2, 0) is 61.2 Å². The number of nitrogens with zero attached hydrogens (tertiary/aromatic N) is 2. The molecule has 2 saturated carbocycles. The number of halogens is 1. The maximum absolute atomic E-state index is 14.5. The average Bonchev–Trinajstić information content (AvgIpc) is 4.02. The number of esters is 1. The Labute approximate surface area is 346 Å². The zero-order valence-electron chi connectivity index (χ0n) is 34.3. The minimum absolute atomic E-state index is 0.0145. The van der Waals surface area contributed by atoms with Gasteiger partial charge in [0.25, 0.3) is 5.91 Å². The van der Waals surface area contributed by atoms with E-state index in [9.17, 15) is 46.4 Å². The number of hydrogen-bond acceptors (Lipinski definition) is 13. The van der Waals surface area contributed by atoms with Crippen LogP contribution in [0.15, 0.2) is 43.1 Å². The van der Waals surface area contributed by atoms with Gasteiger partial charge in [-0.05, 0) is 72.4 Å². The highest BCUT2D eigenvalue weighted by Gasteiger charge is 2.62. The molecule has 1 aromatic rings. The number of sulfonamides is 1. The number of amides is 6. The molecule has 0 radical (unpaired) electrons. The van der Waals surface area contributed by atoms with Gasteiger partial charge in [0.2, 0.25) is 21.8 Å². The van der Waals surface area contributed by atoms with Crippen LogP contribution in [-0.4, -0.2) is 114 Å². The fraction of sp³-hybridized carbons (Fsp3) is 0.564. The van der Waals surface area contributed by atoms with E-state index in [0.29, 0.717) is 24.0 Å². The smallest absolute Gasteiger partial charge is 0.412 e. The first-order chi connectivity index (χ1) is 27.8. The monoisotopic (exact) mass is 862 g/mol. The summed E-state index contributed by atoms with van der Waals surface area (Å²) in [7, 11) is -4.03. The number of carbonyl (C=O) groups is 7. The minimum atomic E-state index is -4.03. The normalized spacial score (nSPS) is 22.6. The lowest BCUT2D eigenvalue weighted by atomic mass is 10.1. The number of likely N-dealkylation sites (tertiary alicyclic amines) is 1. The van der Waals surface area contributed by atoms with Crippen molar-refractivity contribution in [3.05, 3.63) is 60.1 Å². The molecule has 0 spiro atoms. The van der Waals surface area contributed by atoms with Crippen LogP contribution < -0.4 is 20.7 Å². The molecule has 6 amide bonds. The third kappa shape index (κ3) is 11.1. The van der Waals surface area contributed by atoms with Crippen LogP contribution in [0.5, 0.6) is 0 Å². The molecular formula is C39H51FN6O13S. The summed E-state index contributed by atoms with van der Waals surface area (Å²) in [5.74, 6) is -5.37. The molecule has 60 heavy (non-hydrogen) atoms. The summed E-state index contributed by atoms with van der Waals surface area (Å²) in [6, 6.07) is 1.15. The molecule has 3 fully saturated rings. The van der Waals surface area contributed by atoms with Crippen molar-refractivity contribution in [3.63, 3.8) is 0 Å². The summed E-state index contributed by atoms with van der Waals surface area (Å²) < 4.78 is 63.4. The Balaban J connectivity index is 1.39. The van der Waals surface area contributed by atoms with Gasteiger partial charge in [-0.25, -0.2) is 32.0 Å². The van der Waals surface area contributed by atoms with Gasteiger partial charge >= 0.3 is 24.2 Å². The van der Waals surface area contributed by atoms with E-state index in [0.717, 1.165) is 4.90 Å². The standard InChI is InChI=1S/C39H51FN6O13S/c1-9-23-16-39(23,33(50)44-60(54,55)25-13-14-25)43-30(47)29-15-24(57-36(53)45-17-22-11-10-12-27(40)26(22)19-45)18-46(29)31(48)28(42-35(52)59-38(6,7)8)20-56-32(49)21(2)41-34(51)58-37(3,4)5/h9-12,23-25,28-29H,1-2,13-20H2,3-8H3,(H,41,51)(H,42,52)(H,43,47)(H,44,50)/t23-,24-,28+,29?,39-/m1/s1. The highest BCUT2D eigenvalue weighted by molar-refractivity contribution is 7.91. The van der Waals surface area contributed by atoms with E-state index in [1.165, 1.54) is 23.1 Å². The summed E-state index contributed by atoms with van der Waals surface area (Å²) in [6.45, 7) is 15.2. The molecule has 2 aliphatic carbocycles. The Morgan fingerprint density at radius 2 is 1.65 bits per heavy atom. The summed E-state index contributed by atoms with van der Waals surface area (Å²) in [5.41, 5.74) is -3.43. The Hall–Kier alpha value is -5.73.